The number of benzene rings is 2. The second kappa shape index (κ2) is 6.44. The Balaban J connectivity index is 2.19. The summed E-state index contributed by atoms with van der Waals surface area (Å²) in [5, 5.41) is 0. The molecule has 0 heterocycles. The van der Waals surface area contributed by atoms with Gasteiger partial charge in [-0.1, -0.05) is 36.3 Å². The van der Waals surface area contributed by atoms with Gasteiger partial charge in [0.25, 0.3) is 0 Å². The van der Waals surface area contributed by atoms with Gasteiger partial charge in [-0.2, -0.15) is 0 Å². The summed E-state index contributed by atoms with van der Waals surface area (Å²) < 4.78 is 10.8. The number of hydrogen-bond donors (Lipinski definition) is 0. The van der Waals surface area contributed by atoms with Crippen molar-refractivity contribution in [2.24, 2.45) is 0 Å². The van der Waals surface area contributed by atoms with Crippen molar-refractivity contribution in [1.82, 2.24) is 0 Å². The van der Waals surface area contributed by atoms with Crippen LogP contribution in [-0.4, -0.2) is 5.97 Å². The molecule has 0 aliphatic heterocycles. The van der Waals surface area contributed by atoms with Crippen LogP contribution in [0.5, 0.6) is 11.5 Å². The average Bonchev–Trinajstić information content (AvgIpc) is 2.46. The molecule has 2 rings (SSSR count). The molecule has 0 saturated carbocycles. The molecule has 3 heteroatoms. The fourth-order valence-electron chi connectivity index (χ4n) is 1.73. The second-order valence-corrected chi connectivity index (χ2v) is 4.14. The summed E-state index contributed by atoms with van der Waals surface area (Å²) in [5.74, 6) is 3.40. The minimum atomic E-state index is -0.702. The van der Waals surface area contributed by atoms with Gasteiger partial charge in [0.15, 0.2) is 6.10 Å². The number of ether oxygens (including phenoxy) is 2. The normalized spacial score (nSPS) is 11.2. The first-order valence-electron chi connectivity index (χ1n) is 6.15. The van der Waals surface area contributed by atoms with Gasteiger partial charge in [-0.25, -0.2) is 0 Å². The lowest BCUT2D eigenvalue weighted by Crippen LogP contribution is -2.06. The van der Waals surface area contributed by atoms with E-state index in [4.69, 9.17) is 15.9 Å². The standard InChI is InChI=1S/C17H14O3/c1-3-17(19-13(2)18)14-8-7-11-16(12-14)20-15-9-5-4-6-10-15/h1,4-12,17H,2H3. The fraction of sp³-hybridized carbons (Fsp3) is 0.118. The van der Waals surface area contributed by atoms with Crippen LogP contribution in [0.3, 0.4) is 0 Å². The molecule has 0 spiro atoms. The highest BCUT2D eigenvalue weighted by Crippen LogP contribution is 2.25. The molecule has 0 saturated heterocycles. The zero-order chi connectivity index (χ0) is 14.4. The quantitative estimate of drug-likeness (QED) is 0.625. The minimum Gasteiger partial charge on any atom is -0.457 e. The lowest BCUT2D eigenvalue weighted by molar-refractivity contribution is -0.144. The van der Waals surface area contributed by atoms with Gasteiger partial charge in [0.2, 0.25) is 0 Å². The summed E-state index contributed by atoms with van der Waals surface area (Å²) in [4.78, 5) is 11.0. The number of hydrogen-bond acceptors (Lipinski definition) is 3. The smallest absolute Gasteiger partial charge is 0.304 e. The predicted molar refractivity (Wildman–Crippen MR) is 76.3 cm³/mol. The SMILES string of the molecule is C#CC(OC(C)=O)c1cccc(Oc2ccccc2)c1. The summed E-state index contributed by atoms with van der Waals surface area (Å²) in [5.41, 5.74) is 0.705. The Morgan fingerprint density at radius 2 is 1.80 bits per heavy atom. The van der Waals surface area contributed by atoms with Gasteiger partial charge in [-0.15, -0.1) is 6.42 Å². The van der Waals surface area contributed by atoms with E-state index < -0.39 is 12.1 Å². The first-order chi connectivity index (χ1) is 9.69. The molecule has 0 aliphatic carbocycles. The molecule has 2 aromatic carbocycles. The molecule has 0 bridgehead atoms. The molecule has 0 fully saturated rings. The maximum Gasteiger partial charge on any atom is 0.304 e. The van der Waals surface area contributed by atoms with E-state index in [-0.39, 0.29) is 0 Å². The second-order valence-electron chi connectivity index (χ2n) is 4.14. The summed E-state index contributed by atoms with van der Waals surface area (Å²) in [6.45, 7) is 1.33. The number of esters is 1. The monoisotopic (exact) mass is 266 g/mol. The molecule has 100 valence electrons. The number of para-hydroxylation sites is 1. The van der Waals surface area contributed by atoms with Gasteiger partial charge in [0.1, 0.15) is 11.5 Å². The summed E-state index contributed by atoms with van der Waals surface area (Å²) >= 11 is 0. The molecule has 0 aromatic heterocycles. The van der Waals surface area contributed by atoms with Crippen molar-refractivity contribution in [3.63, 3.8) is 0 Å². The predicted octanol–water partition coefficient (Wildman–Crippen LogP) is 3.72. The molecule has 1 unspecified atom stereocenters. The lowest BCUT2D eigenvalue weighted by Gasteiger charge is -2.13. The number of carbonyl (C=O) groups excluding carboxylic acids is 1. The molecule has 0 N–H and O–H groups in total. The Morgan fingerprint density at radius 3 is 2.45 bits per heavy atom. The van der Waals surface area contributed by atoms with E-state index in [9.17, 15) is 4.79 Å². The molecule has 1 atom stereocenters. The molecule has 3 nitrogen and oxygen atoms in total. The van der Waals surface area contributed by atoms with Crippen molar-refractivity contribution >= 4 is 5.97 Å². The van der Waals surface area contributed by atoms with Gasteiger partial charge in [-0.3, -0.25) is 4.79 Å². The van der Waals surface area contributed by atoms with Crippen LogP contribution in [-0.2, 0) is 9.53 Å². The summed E-state index contributed by atoms with van der Waals surface area (Å²) in [6.07, 6.45) is 4.69. The van der Waals surface area contributed by atoms with E-state index >= 15 is 0 Å². The van der Waals surface area contributed by atoms with Crippen molar-refractivity contribution in [3.8, 4) is 23.8 Å². The van der Waals surface area contributed by atoms with Gasteiger partial charge in [-0.05, 0) is 24.3 Å². The highest BCUT2D eigenvalue weighted by atomic mass is 16.5. The minimum absolute atomic E-state index is 0.415. The molecular weight excluding hydrogens is 252 g/mol. The first kappa shape index (κ1) is 13.7. The maximum absolute atomic E-state index is 11.0. The van der Waals surface area contributed by atoms with Crippen LogP contribution in [0, 0.1) is 12.3 Å². The lowest BCUT2D eigenvalue weighted by atomic mass is 10.1. The van der Waals surface area contributed by atoms with Crippen molar-refractivity contribution in [1.29, 1.82) is 0 Å². The van der Waals surface area contributed by atoms with E-state index in [1.807, 2.05) is 36.4 Å². The van der Waals surface area contributed by atoms with Crippen LogP contribution in [0.2, 0.25) is 0 Å². The number of carbonyl (C=O) groups is 1. The van der Waals surface area contributed by atoms with Crippen molar-refractivity contribution in [2.45, 2.75) is 13.0 Å². The van der Waals surface area contributed by atoms with Gasteiger partial charge < -0.3 is 9.47 Å². The summed E-state index contributed by atoms with van der Waals surface area (Å²) in [7, 11) is 0. The highest BCUT2D eigenvalue weighted by Gasteiger charge is 2.12. The first-order valence-corrected chi connectivity index (χ1v) is 6.15. The van der Waals surface area contributed by atoms with Gasteiger partial charge >= 0.3 is 5.97 Å². The van der Waals surface area contributed by atoms with E-state index in [0.717, 1.165) is 5.75 Å². The molecule has 0 radical (unpaired) electrons. The third kappa shape index (κ3) is 3.63. The average molecular weight is 266 g/mol. The summed E-state index contributed by atoms with van der Waals surface area (Å²) in [6, 6.07) is 16.6. The molecular formula is C17H14O3. The van der Waals surface area contributed by atoms with Crippen LogP contribution in [0.1, 0.15) is 18.6 Å². The molecule has 0 amide bonds. The Bertz CT molecular complexity index is 626. The van der Waals surface area contributed by atoms with E-state index in [1.54, 1.807) is 18.2 Å². The molecule has 2 aromatic rings. The number of terminal acetylenes is 1. The third-order valence-electron chi connectivity index (χ3n) is 2.57. The van der Waals surface area contributed by atoms with Crippen LogP contribution in [0.25, 0.3) is 0 Å². The van der Waals surface area contributed by atoms with Crippen LogP contribution in [0.15, 0.2) is 54.6 Å². The van der Waals surface area contributed by atoms with Crippen LogP contribution >= 0.6 is 0 Å². The Morgan fingerprint density at radius 1 is 1.10 bits per heavy atom. The molecule has 0 aliphatic rings. The maximum atomic E-state index is 11.0. The Labute approximate surface area is 118 Å². The topological polar surface area (TPSA) is 35.5 Å². The highest BCUT2D eigenvalue weighted by molar-refractivity contribution is 5.66. The van der Waals surface area contributed by atoms with Crippen LogP contribution in [0.4, 0.5) is 0 Å². The van der Waals surface area contributed by atoms with Gasteiger partial charge in [0, 0.05) is 12.5 Å². The zero-order valence-corrected chi connectivity index (χ0v) is 11.1. The third-order valence-corrected chi connectivity index (χ3v) is 2.57. The van der Waals surface area contributed by atoms with Crippen molar-refractivity contribution in [3.05, 3.63) is 60.2 Å². The van der Waals surface area contributed by atoms with Crippen molar-refractivity contribution in [2.75, 3.05) is 0 Å². The van der Waals surface area contributed by atoms with E-state index in [0.29, 0.717) is 11.3 Å². The molecule has 20 heavy (non-hydrogen) atoms. The Kier molecular flexibility index (Phi) is 4.41. The van der Waals surface area contributed by atoms with Gasteiger partial charge in [0.05, 0.1) is 0 Å². The van der Waals surface area contributed by atoms with E-state index in [2.05, 4.69) is 5.92 Å². The van der Waals surface area contributed by atoms with Crippen LogP contribution < -0.4 is 4.74 Å². The Hall–Kier alpha value is -2.73. The largest absolute Gasteiger partial charge is 0.457 e. The van der Waals surface area contributed by atoms with Crippen molar-refractivity contribution < 1.29 is 14.3 Å². The van der Waals surface area contributed by atoms with E-state index in [1.165, 1.54) is 6.92 Å². The zero-order valence-electron chi connectivity index (χ0n) is 11.1. The number of rotatable bonds is 4. The fourth-order valence-corrected chi connectivity index (χ4v) is 1.73.